The van der Waals surface area contributed by atoms with Crippen molar-refractivity contribution in [3.8, 4) is 0 Å². The maximum Gasteiger partial charge on any atom is 0.326 e. The van der Waals surface area contributed by atoms with Gasteiger partial charge in [-0.25, -0.2) is 9.59 Å². The number of benzene rings is 1. The van der Waals surface area contributed by atoms with E-state index in [-0.39, 0.29) is 25.0 Å². The molecule has 25 heavy (non-hydrogen) atoms. The van der Waals surface area contributed by atoms with Crippen LogP contribution in [0.5, 0.6) is 0 Å². The van der Waals surface area contributed by atoms with Gasteiger partial charge in [0.25, 0.3) is 0 Å². The van der Waals surface area contributed by atoms with Gasteiger partial charge in [0.15, 0.2) is 0 Å². The van der Waals surface area contributed by atoms with Crippen molar-refractivity contribution >= 4 is 12.0 Å². The average Bonchev–Trinajstić information content (AvgIpc) is 3.00. The first kappa shape index (κ1) is 17.7. The molecular formula is C18H25N3O4. The molecule has 3 rings (SSSR count). The summed E-state index contributed by atoms with van der Waals surface area (Å²) in [5, 5.41) is 21.8. The monoisotopic (exact) mass is 347 g/mol. The van der Waals surface area contributed by atoms with Gasteiger partial charge in [0.1, 0.15) is 6.04 Å². The van der Waals surface area contributed by atoms with E-state index in [1.54, 1.807) is 0 Å². The van der Waals surface area contributed by atoms with Gasteiger partial charge in [-0.2, -0.15) is 0 Å². The van der Waals surface area contributed by atoms with Crippen molar-refractivity contribution in [1.82, 2.24) is 15.1 Å². The fraction of sp³-hybridized carbons (Fsp3) is 0.556. The zero-order chi connectivity index (χ0) is 17.8. The van der Waals surface area contributed by atoms with Crippen molar-refractivity contribution in [3.05, 3.63) is 35.9 Å². The second-order valence-electron chi connectivity index (χ2n) is 6.88. The molecule has 136 valence electrons. The molecule has 1 aromatic carbocycles. The van der Waals surface area contributed by atoms with Crippen LogP contribution in [0.2, 0.25) is 0 Å². The number of carbonyl (C=O) groups excluding carboxylic acids is 1. The number of carboxylic acids is 1. The van der Waals surface area contributed by atoms with E-state index >= 15 is 0 Å². The molecule has 3 N–H and O–H groups in total. The topological polar surface area (TPSA) is 93.1 Å². The van der Waals surface area contributed by atoms with E-state index in [1.165, 1.54) is 10.5 Å². The Hall–Kier alpha value is -2.12. The lowest BCUT2D eigenvalue weighted by Crippen LogP contribution is -2.51. The van der Waals surface area contributed by atoms with E-state index in [1.807, 2.05) is 18.2 Å². The van der Waals surface area contributed by atoms with E-state index in [4.69, 9.17) is 0 Å². The summed E-state index contributed by atoms with van der Waals surface area (Å²) < 4.78 is 0. The molecule has 0 bridgehead atoms. The third kappa shape index (κ3) is 4.49. The highest BCUT2D eigenvalue weighted by molar-refractivity contribution is 5.83. The van der Waals surface area contributed by atoms with Gasteiger partial charge in [-0.1, -0.05) is 30.3 Å². The lowest BCUT2D eigenvalue weighted by atomic mass is 10.0. The van der Waals surface area contributed by atoms with Crippen LogP contribution < -0.4 is 5.32 Å². The summed E-state index contributed by atoms with van der Waals surface area (Å²) in [6.45, 7) is 2.77. The summed E-state index contributed by atoms with van der Waals surface area (Å²) in [6, 6.07) is 9.02. The van der Waals surface area contributed by atoms with Crippen LogP contribution in [0.1, 0.15) is 24.8 Å². The lowest BCUT2D eigenvalue weighted by Gasteiger charge is -2.33. The quantitative estimate of drug-likeness (QED) is 0.752. The van der Waals surface area contributed by atoms with Gasteiger partial charge in [-0.3, -0.25) is 4.90 Å². The van der Waals surface area contributed by atoms with Crippen LogP contribution in [0.4, 0.5) is 4.79 Å². The van der Waals surface area contributed by atoms with E-state index in [0.29, 0.717) is 0 Å². The number of aliphatic carboxylic acids is 1. The van der Waals surface area contributed by atoms with E-state index < -0.39 is 18.1 Å². The number of piperidine rings is 1. The minimum Gasteiger partial charge on any atom is -0.480 e. The first-order chi connectivity index (χ1) is 12.0. The van der Waals surface area contributed by atoms with Crippen molar-refractivity contribution in [3.63, 3.8) is 0 Å². The Bertz CT molecular complexity index is 602. The number of nitrogens with one attached hydrogen (secondary N) is 1. The summed E-state index contributed by atoms with van der Waals surface area (Å²) in [7, 11) is 0. The molecule has 0 aromatic heterocycles. The van der Waals surface area contributed by atoms with Gasteiger partial charge < -0.3 is 20.4 Å². The number of β-amino-alcohol motifs (C(OH)–C–C–N with tert-alkyl or cyclic N) is 1. The third-order valence-corrected chi connectivity index (χ3v) is 4.99. The number of carboxylic acid groups (broad SMARTS) is 1. The lowest BCUT2D eigenvalue weighted by molar-refractivity contribution is -0.141. The first-order valence-corrected chi connectivity index (χ1v) is 8.77. The van der Waals surface area contributed by atoms with Gasteiger partial charge in [0.2, 0.25) is 0 Å². The minimum atomic E-state index is -1.07. The predicted molar refractivity (Wildman–Crippen MR) is 92.0 cm³/mol. The van der Waals surface area contributed by atoms with Crippen molar-refractivity contribution in [2.24, 2.45) is 0 Å². The molecule has 0 radical (unpaired) electrons. The molecule has 2 atom stereocenters. The van der Waals surface area contributed by atoms with E-state index in [2.05, 4.69) is 22.3 Å². The smallest absolute Gasteiger partial charge is 0.326 e. The molecule has 7 heteroatoms. The van der Waals surface area contributed by atoms with Crippen LogP contribution in [0.3, 0.4) is 0 Å². The number of likely N-dealkylation sites (tertiary alicyclic amines) is 2. The Morgan fingerprint density at radius 2 is 1.84 bits per heavy atom. The molecule has 0 spiro atoms. The third-order valence-electron chi connectivity index (χ3n) is 4.99. The zero-order valence-electron chi connectivity index (χ0n) is 14.2. The number of carbonyl (C=O) groups is 2. The molecule has 2 amide bonds. The molecule has 2 saturated heterocycles. The predicted octanol–water partition coefficient (Wildman–Crippen LogP) is 0.880. The number of amides is 2. The Morgan fingerprint density at radius 1 is 1.16 bits per heavy atom. The van der Waals surface area contributed by atoms with Crippen molar-refractivity contribution in [2.75, 3.05) is 19.6 Å². The largest absolute Gasteiger partial charge is 0.480 e. The molecule has 1 aromatic rings. The van der Waals surface area contributed by atoms with Gasteiger partial charge in [-0.15, -0.1) is 0 Å². The number of aliphatic hydroxyl groups is 1. The van der Waals surface area contributed by atoms with Gasteiger partial charge in [0.05, 0.1) is 6.10 Å². The molecule has 0 aliphatic carbocycles. The molecule has 0 unspecified atom stereocenters. The Labute approximate surface area is 147 Å². The second kappa shape index (κ2) is 7.84. The zero-order valence-corrected chi connectivity index (χ0v) is 14.2. The summed E-state index contributed by atoms with van der Waals surface area (Å²) in [5.41, 5.74) is 1.28. The summed E-state index contributed by atoms with van der Waals surface area (Å²) in [6.07, 6.45) is 1.01. The SMILES string of the molecule is O=C(O)[C@@H]1C[C@H](O)CN1C(=O)NC1CCN(Cc2ccccc2)CC1. The Morgan fingerprint density at radius 3 is 2.48 bits per heavy atom. The van der Waals surface area contributed by atoms with Crippen molar-refractivity contribution < 1.29 is 19.8 Å². The normalized spacial score (nSPS) is 25.1. The van der Waals surface area contributed by atoms with Crippen LogP contribution in [0.15, 0.2) is 30.3 Å². The maximum atomic E-state index is 12.4. The van der Waals surface area contributed by atoms with E-state index in [9.17, 15) is 19.8 Å². The molecule has 7 nitrogen and oxygen atoms in total. The summed E-state index contributed by atoms with van der Waals surface area (Å²) in [5.74, 6) is -1.07. The summed E-state index contributed by atoms with van der Waals surface area (Å²) in [4.78, 5) is 27.2. The maximum absolute atomic E-state index is 12.4. The summed E-state index contributed by atoms with van der Waals surface area (Å²) >= 11 is 0. The molecular weight excluding hydrogens is 322 g/mol. The second-order valence-corrected chi connectivity index (χ2v) is 6.88. The standard InChI is InChI=1S/C18H25N3O4/c22-15-10-16(17(23)24)21(12-15)18(25)19-14-6-8-20(9-7-14)11-13-4-2-1-3-5-13/h1-5,14-16,22H,6-12H2,(H,19,25)(H,23,24)/t15-,16-/m0/s1. The number of rotatable bonds is 4. The molecule has 0 saturated carbocycles. The molecule has 2 aliphatic rings. The number of hydrogen-bond donors (Lipinski definition) is 3. The average molecular weight is 347 g/mol. The number of aliphatic hydroxyl groups excluding tert-OH is 1. The van der Waals surface area contributed by atoms with Crippen LogP contribution in [0.25, 0.3) is 0 Å². The van der Waals surface area contributed by atoms with Crippen molar-refractivity contribution in [2.45, 2.75) is 44.0 Å². The molecule has 2 heterocycles. The van der Waals surface area contributed by atoms with Gasteiger partial charge in [-0.05, 0) is 18.4 Å². The molecule has 2 aliphatic heterocycles. The highest BCUT2D eigenvalue weighted by Gasteiger charge is 2.39. The van der Waals surface area contributed by atoms with Gasteiger partial charge >= 0.3 is 12.0 Å². The Balaban J connectivity index is 1.47. The number of nitrogens with zero attached hydrogens (tertiary/aromatic N) is 2. The minimum absolute atomic E-state index is 0.0479. The van der Waals surface area contributed by atoms with Crippen LogP contribution in [-0.2, 0) is 11.3 Å². The number of hydrogen-bond acceptors (Lipinski definition) is 4. The van der Waals surface area contributed by atoms with Gasteiger partial charge in [0, 0.05) is 38.6 Å². The van der Waals surface area contributed by atoms with Crippen molar-refractivity contribution in [1.29, 1.82) is 0 Å². The first-order valence-electron chi connectivity index (χ1n) is 8.77. The molecule has 2 fully saturated rings. The Kier molecular flexibility index (Phi) is 5.55. The van der Waals surface area contributed by atoms with E-state index in [0.717, 1.165) is 32.5 Å². The fourth-order valence-corrected chi connectivity index (χ4v) is 3.61. The van der Waals surface area contributed by atoms with Crippen LogP contribution in [0, 0.1) is 0 Å². The number of urea groups is 1. The highest BCUT2D eigenvalue weighted by atomic mass is 16.4. The fourth-order valence-electron chi connectivity index (χ4n) is 3.61. The highest BCUT2D eigenvalue weighted by Crippen LogP contribution is 2.19. The van der Waals surface area contributed by atoms with Crippen LogP contribution in [-0.4, -0.2) is 69.8 Å². The van der Waals surface area contributed by atoms with Crippen LogP contribution >= 0.6 is 0 Å².